The molecule has 0 aliphatic carbocycles. The first-order chi connectivity index (χ1) is 15.9. The summed E-state index contributed by atoms with van der Waals surface area (Å²) < 4.78 is 7.21. The minimum atomic E-state index is -0.222. The van der Waals surface area contributed by atoms with Crippen molar-refractivity contribution in [2.45, 2.75) is 51.0 Å². The highest BCUT2D eigenvalue weighted by Crippen LogP contribution is 2.40. The molecule has 0 unspecified atom stereocenters. The zero-order valence-corrected chi connectivity index (χ0v) is 21.5. The molecule has 2 aliphatic rings. The number of halogens is 2. The molecule has 2 aromatic rings. The van der Waals surface area contributed by atoms with Crippen molar-refractivity contribution in [1.29, 1.82) is 0 Å². The number of hydrogen-bond donors (Lipinski definition) is 4. The molecule has 2 aromatic carbocycles. The second-order valence-corrected chi connectivity index (χ2v) is 9.85. The van der Waals surface area contributed by atoms with Gasteiger partial charge in [0.2, 0.25) is 11.8 Å². The molecule has 4 rings (SSSR count). The number of nitrogens with two attached hydrogens (primary N) is 1. The van der Waals surface area contributed by atoms with E-state index in [2.05, 4.69) is 42.5 Å². The van der Waals surface area contributed by atoms with E-state index in [1.807, 2.05) is 18.2 Å². The van der Waals surface area contributed by atoms with Crippen LogP contribution in [0.4, 0.5) is 0 Å². The molecule has 0 aromatic heterocycles. The molecule has 4 bridgehead atoms. The lowest BCUT2D eigenvalue weighted by atomic mass is 10.0. The van der Waals surface area contributed by atoms with Crippen LogP contribution in [-0.4, -0.2) is 36.1 Å². The molecule has 2 aliphatic heterocycles. The van der Waals surface area contributed by atoms with Gasteiger partial charge in [0, 0.05) is 25.4 Å². The van der Waals surface area contributed by atoms with Crippen LogP contribution in [0.2, 0.25) is 0 Å². The Kier molecular flexibility index (Phi) is 9.58. The number of nitrogens with one attached hydrogen (secondary N) is 2. The van der Waals surface area contributed by atoms with Gasteiger partial charge in [-0.05, 0) is 99.5 Å². The number of benzene rings is 2. The fraction of sp³-hybridized carbons (Fsp3) is 0.417. The third-order valence-corrected chi connectivity index (χ3v) is 6.71. The number of carbonyl (C=O) groups excluding carboxylic acids is 2. The Morgan fingerprint density at radius 3 is 2.52 bits per heavy atom. The number of phenols is 1. The molecule has 33 heavy (non-hydrogen) atoms. The van der Waals surface area contributed by atoms with Gasteiger partial charge >= 0.3 is 0 Å². The zero-order chi connectivity index (χ0) is 23.8. The Bertz CT molecular complexity index is 1000. The molecule has 5 N–H and O–H groups in total. The molecular formula is C24H29Br2N3O4. The predicted octanol–water partition coefficient (Wildman–Crippen LogP) is 4.32. The summed E-state index contributed by atoms with van der Waals surface area (Å²) in [4.78, 5) is 25.1. The number of aromatic hydroxyl groups is 1. The van der Waals surface area contributed by atoms with Gasteiger partial charge < -0.3 is 26.2 Å². The molecule has 9 heteroatoms. The summed E-state index contributed by atoms with van der Waals surface area (Å²) in [5.74, 6) is 0.687. The third kappa shape index (κ3) is 7.72. The minimum absolute atomic E-state index is 0.00478. The highest BCUT2D eigenvalue weighted by atomic mass is 79.9. The third-order valence-electron chi connectivity index (χ3n) is 5.48. The van der Waals surface area contributed by atoms with E-state index < -0.39 is 0 Å². The summed E-state index contributed by atoms with van der Waals surface area (Å²) >= 11 is 6.91. The quantitative estimate of drug-likeness (QED) is 0.401. The van der Waals surface area contributed by atoms with Crippen molar-refractivity contribution in [2.75, 3.05) is 13.1 Å². The minimum Gasteiger partial charge on any atom is -0.503 e. The van der Waals surface area contributed by atoms with E-state index >= 15 is 0 Å². The maximum absolute atomic E-state index is 12.6. The van der Waals surface area contributed by atoms with Gasteiger partial charge in [0.25, 0.3) is 0 Å². The molecule has 0 fully saturated rings. The Morgan fingerprint density at radius 2 is 1.76 bits per heavy atom. The molecule has 0 saturated carbocycles. The lowest BCUT2D eigenvalue weighted by molar-refractivity contribution is -0.123. The summed E-state index contributed by atoms with van der Waals surface area (Å²) in [5, 5.41) is 16.4. The van der Waals surface area contributed by atoms with E-state index in [1.54, 1.807) is 12.1 Å². The number of aryl methyl sites for hydroxylation is 1. The smallest absolute Gasteiger partial charge is 0.222 e. The molecule has 7 nitrogen and oxygen atoms in total. The second-order valence-electron chi connectivity index (χ2n) is 8.14. The van der Waals surface area contributed by atoms with Crippen LogP contribution in [0.3, 0.4) is 0 Å². The molecule has 0 spiro atoms. The maximum Gasteiger partial charge on any atom is 0.222 e. The largest absolute Gasteiger partial charge is 0.503 e. The fourth-order valence-corrected chi connectivity index (χ4v) is 4.71. The van der Waals surface area contributed by atoms with E-state index in [4.69, 9.17) is 10.5 Å². The normalized spacial score (nSPS) is 17.5. The number of unbranched alkanes of at least 4 members (excludes halogenated alkanes) is 1. The lowest BCUT2D eigenvalue weighted by Crippen LogP contribution is -2.39. The van der Waals surface area contributed by atoms with Gasteiger partial charge in [0.1, 0.15) is 5.75 Å². The highest BCUT2D eigenvalue weighted by Gasteiger charge is 2.18. The van der Waals surface area contributed by atoms with Gasteiger partial charge in [-0.15, -0.1) is 0 Å². The van der Waals surface area contributed by atoms with Crippen molar-refractivity contribution < 1.29 is 19.4 Å². The van der Waals surface area contributed by atoms with Crippen molar-refractivity contribution >= 4 is 43.7 Å². The van der Waals surface area contributed by atoms with Crippen molar-refractivity contribution in [2.24, 2.45) is 5.73 Å². The summed E-state index contributed by atoms with van der Waals surface area (Å²) in [6.45, 7) is 1.02. The highest BCUT2D eigenvalue weighted by molar-refractivity contribution is 9.11. The van der Waals surface area contributed by atoms with Crippen LogP contribution in [0, 0.1) is 0 Å². The number of hydrogen-bond acceptors (Lipinski definition) is 5. The average Bonchev–Trinajstić information content (AvgIpc) is 2.76. The van der Waals surface area contributed by atoms with Gasteiger partial charge in [-0.1, -0.05) is 12.5 Å². The van der Waals surface area contributed by atoms with E-state index in [0.29, 0.717) is 54.7 Å². The SMILES string of the molecule is NCCCC[C@H]1CC(=O)NCCc2cc(Br)c(O)c(c2)Oc2ccc(cc2Br)CCC(=O)N1. The van der Waals surface area contributed by atoms with Gasteiger partial charge in [-0.2, -0.15) is 0 Å². The number of phenolic OH excluding ortho intramolecular Hbond substituents is 1. The van der Waals surface area contributed by atoms with E-state index in [-0.39, 0.29) is 30.0 Å². The summed E-state index contributed by atoms with van der Waals surface area (Å²) in [7, 11) is 0. The Morgan fingerprint density at radius 1 is 0.970 bits per heavy atom. The van der Waals surface area contributed by atoms with Gasteiger partial charge in [-0.25, -0.2) is 0 Å². The van der Waals surface area contributed by atoms with Crippen molar-refractivity contribution in [3.8, 4) is 17.2 Å². The molecule has 0 saturated heterocycles. The molecule has 0 radical (unpaired) electrons. The zero-order valence-electron chi connectivity index (χ0n) is 18.3. The van der Waals surface area contributed by atoms with Crippen LogP contribution in [0.1, 0.15) is 43.2 Å². The first kappa shape index (κ1) is 25.5. The van der Waals surface area contributed by atoms with Crippen LogP contribution in [0.15, 0.2) is 39.3 Å². The van der Waals surface area contributed by atoms with Crippen molar-refractivity contribution in [3.63, 3.8) is 0 Å². The second kappa shape index (κ2) is 12.4. The average molecular weight is 583 g/mol. The van der Waals surface area contributed by atoms with Crippen LogP contribution in [0.25, 0.3) is 0 Å². The lowest BCUT2D eigenvalue weighted by Gasteiger charge is -2.19. The summed E-state index contributed by atoms with van der Waals surface area (Å²) in [6.07, 6.45) is 4.08. The topological polar surface area (TPSA) is 114 Å². The van der Waals surface area contributed by atoms with Crippen LogP contribution in [0.5, 0.6) is 17.2 Å². The molecule has 1 atom stereocenters. The molecular weight excluding hydrogens is 554 g/mol. The number of carbonyl (C=O) groups is 2. The van der Waals surface area contributed by atoms with Crippen LogP contribution in [-0.2, 0) is 22.4 Å². The number of amides is 2. The number of fused-ring (bicyclic) bond motifs is 11. The van der Waals surface area contributed by atoms with E-state index in [9.17, 15) is 14.7 Å². The first-order valence-corrected chi connectivity index (χ1v) is 12.7. The molecule has 2 heterocycles. The van der Waals surface area contributed by atoms with Gasteiger partial charge in [0.05, 0.1) is 8.95 Å². The Hall–Kier alpha value is -2.10. The van der Waals surface area contributed by atoms with Gasteiger partial charge in [0.15, 0.2) is 11.5 Å². The fourth-order valence-electron chi connectivity index (χ4n) is 3.71. The maximum atomic E-state index is 12.6. The predicted molar refractivity (Wildman–Crippen MR) is 135 cm³/mol. The number of ether oxygens (including phenoxy) is 1. The van der Waals surface area contributed by atoms with Crippen molar-refractivity contribution in [3.05, 3.63) is 50.4 Å². The van der Waals surface area contributed by atoms with Crippen LogP contribution < -0.4 is 21.1 Å². The first-order valence-electron chi connectivity index (χ1n) is 11.1. The summed E-state index contributed by atoms with van der Waals surface area (Å²) in [5.41, 5.74) is 7.47. The summed E-state index contributed by atoms with van der Waals surface area (Å²) in [6, 6.07) is 8.98. The molecule has 2 amide bonds. The van der Waals surface area contributed by atoms with E-state index in [1.165, 1.54) is 0 Å². The molecule has 178 valence electrons. The van der Waals surface area contributed by atoms with Crippen molar-refractivity contribution in [1.82, 2.24) is 10.6 Å². The van der Waals surface area contributed by atoms with Gasteiger partial charge in [-0.3, -0.25) is 9.59 Å². The monoisotopic (exact) mass is 581 g/mol. The van der Waals surface area contributed by atoms with Crippen LogP contribution >= 0.6 is 31.9 Å². The van der Waals surface area contributed by atoms with E-state index in [0.717, 1.165) is 28.4 Å². The number of rotatable bonds is 4. The Labute approximate surface area is 210 Å². The standard InChI is InChI=1S/C24H29Br2N3O4/c25-18-11-15-4-6-20(18)33-21-13-16(12-19(26)24(21)32)8-10-28-23(31)14-17(3-1-2-9-27)29-22(30)7-5-15/h4,6,11-13,17,32H,1-3,5,7-10,14,27H2,(H,28,31)(H,29,30)/t17-/m0/s1. The Balaban J connectivity index is 1.84.